The van der Waals surface area contributed by atoms with Crippen molar-refractivity contribution in [3.63, 3.8) is 0 Å². The standard InChI is InChI=1S/C25H23N5O5/c1-34-18-7-2-15(3-8-18)14-26-25(33)30-21(16-4-5-16)13-20(29-30)19-9-6-17(12-22(19)31)28-24(32)23-10-11-27-35-23/h2-3,6-13,16,31H,4-5,14H2,1H3,(H,26,33)(H,28,32). The van der Waals surface area contributed by atoms with Crippen LogP contribution in [-0.4, -0.2) is 39.1 Å². The quantitative estimate of drug-likeness (QED) is 0.368. The SMILES string of the molecule is COc1ccc(CNC(=O)n2nc(-c3ccc(NC(=O)c4ccno4)cc3O)cc2C2CC2)cc1. The first-order chi connectivity index (χ1) is 17.0. The Morgan fingerprint density at radius 2 is 1.94 bits per heavy atom. The Morgan fingerprint density at radius 3 is 2.60 bits per heavy atom. The lowest BCUT2D eigenvalue weighted by Gasteiger charge is -2.08. The number of anilines is 1. The van der Waals surface area contributed by atoms with Gasteiger partial charge in [-0.05, 0) is 48.7 Å². The molecular weight excluding hydrogens is 450 g/mol. The van der Waals surface area contributed by atoms with Crippen LogP contribution in [-0.2, 0) is 6.54 Å². The zero-order chi connectivity index (χ0) is 24.4. The van der Waals surface area contributed by atoms with E-state index in [1.165, 1.54) is 23.0 Å². The molecule has 2 aromatic heterocycles. The Kier molecular flexibility index (Phi) is 5.92. The average molecular weight is 473 g/mol. The van der Waals surface area contributed by atoms with Crippen LogP contribution < -0.4 is 15.4 Å². The highest BCUT2D eigenvalue weighted by atomic mass is 16.5. The van der Waals surface area contributed by atoms with Crippen molar-refractivity contribution in [1.82, 2.24) is 20.3 Å². The molecule has 2 heterocycles. The van der Waals surface area contributed by atoms with Crippen molar-refractivity contribution in [1.29, 1.82) is 0 Å². The summed E-state index contributed by atoms with van der Waals surface area (Å²) < 4.78 is 11.4. The number of hydrogen-bond acceptors (Lipinski definition) is 7. The molecule has 1 aliphatic rings. The lowest BCUT2D eigenvalue weighted by atomic mass is 10.1. The topological polar surface area (TPSA) is 132 Å². The van der Waals surface area contributed by atoms with Gasteiger partial charge in [0.15, 0.2) is 0 Å². The van der Waals surface area contributed by atoms with E-state index in [0.717, 1.165) is 29.8 Å². The number of carbonyl (C=O) groups excluding carboxylic acids is 2. The van der Waals surface area contributed by atoms with Crippen molar-refractivity contribution in [3.8, 4) is 22.8 Å². The van der Waals surface area contributed by atoms with E-state index in [0.29, 0.717) is 23.5 Å². The van der Waals surface area contributed by atoms with Crippen molar-refractivity contribution in [2.45, 2.75) is 25.3 Å². The fraction of sp³-hybridized carbons (Fsp3) is 0.200. The van der Waals surface area contributed by atoms with Crippen LogP contribution in [0.3, 0.4) is 0 Å². The summed E-state index contributed by atoms with van der Waals surface area (Å²) in [7, 11) is 1.60. The number of benzene rings is 2. The molecule has 0 aliphatic heterocycles. The van der Waals surface area contributed by atoms with Crippen molar-refractivity contribution in [2.75, 3.05) is 12.4 Å². The third-order valence-electron chi connectivity index (χ3n) is 5.72. The van der Waals surface area contributed by atoms with E-state index in [4.69, 9.17) is 9.26 Å². The minimum atomic E-state index is -0.483. The zero-order valence-electron chi connectivity index (χ0n) is 18.9. The van der Waals surface area contributed by atoms with Gasteiger partial charge >= 0.3 is 6.03 Å². The molecule has 178 valence electrons. The Morgan fingerprint density at radius 1 is 1.14 bits per heavy atom. The van der Waals surface area contributed by atoms with E-state index < -0.39 is 5.91 Å². The second-order valence-corrected chi connectivity index (χ2v) is 8.21. The second kappa shape index (κ2) is 9.34. The number of phenolic OH excluding ortho intramolecular Hbond substituents is 1. The Bertz CT molecular complexity index is 1360. The van der Waals surface area contributed by atoms with E-state index in [9.17, 15) is 14.7 Å². The summed E-state index contributed by atoms with van der Waals surface area (Å²) >= 11 is 0. The van der Waals surface area contributed by atoms with Crippen LogP contribution in [0.15, 0.2) is 65.3 Å². The first kappa shape index (κ1) is 22.2. The van der Waals surface area contributed by atoms with Crippen LogP contribution in [0.5, 0.6) is 11.5 Å². The number of methoxy groups -OCH3 is 1. The van der Waals surface area contributed by atoms with Gasteiger partial charge in [-0.3, -0.25) is 4.79 Å². The first-order valence-electron chi connectivity index (χ1n) is 11.1. The highest BCUT2D eigenvalue weighted by Gasteiger charge is 2.30. The highest BCUT2D eigenvalue weighted by Crippen LogP contribution is 2.42. The molecule has 3 N–H and O–H groups in total. The Hall–Kier alpha value is -4.60. The largest absolute Gasteiger partial charge is 0.507 e. The van der Waals surface area contributed by atoms with Gasteiger partial charge in [-0.15, -0.1) is 0 Å². The molecule has 2 aromatic carbocycles. The van der Waals surface area contributed by atoms with Gasteiger partial charge in [0.2, 0.25) is 5.76 Å². The minimum absolute atomic E-state index is 0.0574. The number of aromatic nitrogens is 3. The Balaban J connectivity index is 1.33. The summed E-state index contributed by atoms with van der Waals surface area (Å²) in [4.78, 5) is 25.1. The van der Waals surface area contributed by atoms with Crippen molar-refractivity contribution in [3.05, 3.63) is 77.8 Å². The van der Waals surface area contributed by atoms with E-state index in [2.05, 4.69) is 20.9 Å². The lowest BCUT2D eigenvalue weighted by molar-refractivity contribution is 0.0988. The van der Waals surface area contributed by atoms with Crippen LogP contribution in [0.25, 0.3) is 11.3 Å². The summed E-state index contributed by atoms with van der Waals surface area (Å²) in [5.41, 5.74) is 3.03. The third-order valence-corrected chi connectivity index (χ3v) is 5.72. The molecule has 2 amide bonds. The summed E-state index contributed by atoms with van der Waals surface area (Å²) in [6, 6.07) is 15.1. The van der Waals surface area contributed by atoms with Gasteiger partial charge < -0.3 is 25.0 Å². The van der Waals surface area contributed by atoms with Crippen molar-refractivity contribution < 1.29 is 24.0 Å². The Labute approximate surface area is 200 Å². The summed E-state index contributed by atoms with van der Waals surface area (Å²) in [6.45, 7) is 0.340. The number of ether oxygens (including phenoxy) is 1. The molecule has 35 heavy (non-hydrogen) atoms. The normalized spacial score (nSPS) is 12.8. The maximum atomic E-state index is 13.0. The maximum absolute atomic E-state index is 13.0. The predicted molar refractivity (Wildman–Crippen MR) is 126 cm³/mol. The second-order valence-electron chi connectivity index (χ2n) is 8.21. The van der Waals surface area contributed by atoms with Gasteiger partial charge in [0.25, 0.3) is 5.91 Å². The number of amides is 2. The molecule has 0 bridgehead atoms. The number of rotatable bonds is 7. The van der Waals surface area contributed by atoms with Gasteiger partial charge in [-0.25, -0.2) is 4.79 Å². The number of hydrogen-bond donors (Lipinski definition) is 3. The van der Waals surface area contributed by atoms with Crippen LogP contribution in [0.1, 0.15) is 40.6 Å². The van der Waals surface area contributed by atoms with Gasteiger partial charge in [-0.2, -0.15) is 9.78 Å². The monoisotopic (exact) mass is 473 g/mol. The number of phenols is 1. The van der Waals surface area contributed by atoms with Crippen LogP contribution >= 0.6 is 0 Å². The predicted octanol–water partition coefficient (Wildman–Crippen LogP) is 4.14. The van der Waals surface area contributed by atoms with Crippen molar-refractivity contribution >= 4 is 17.6 Å². The lowest BCUT2D eigenvalue weighted by Crippen LogP contribution is -2.30. The smallest absolute Gasteiger partial charge is 0.342 e. The summed E-state index contributed by atoms with van der Waals surface area (Å²) in [5, 5.41) is 24.2. The third kappa shape index (κ3) is 4.86. The van der Waals surface area contributed by atoms with E-state index in [-0.39, 0.29) is 23.5 Å². The molecule has 10 nitrogen and oxygen atoms in total. The highest BCUT2D eigenvalue weighted by molar-refractivity contribution is 6.02. The fourth-order valence-electron chi connectivity index (χ4n) is 3.71. The number of carbonyl (C=O) groups is 2. The van der Waals surface area contributed by atoms with Crippen LogP contribution in [0.4, 0.5) is 10.5 Å². The van der Waals surface area contributed by atoms with Crippen LogP contribution in [0.2, 0.25) is 0 Å². The molecule has 0 unspecified atom stereocenters. The van der Waals surface area contributed by atoms with Crippen molar-refractivity contribution in [2.24, 2.45) is 0 Å². The number of nitrogens with one attached hydrogen (secondary N) is 2. The molecule has 4 aromatic rings. The zero-order valence-corrected chi connectivity index (χ0v) is 18.9. The van der Waals surface area contributed by atoms with E-state index >= 15 is 0 Å². The van der Waals surface area contributed by atoms with Gasteiger partial charge in [0.1, 0.15) is 11.5 Å². The summed E-state index contributed by atoms with van der Waals surface area (Å²) in [5.74, 6) is 0.498. The molecule has 1 saturated carbocycles. The molecule has 5 rings (SSSR count). The number of aromatic hydroxyl groups is 1. The van der Waals surface area contributed by atoms with Gasteiger partial charge in [-0.1, -0.05) is 17.3 Å². The molecule has 0 spiro atoms. The van der Waals surface area contributed by atoms with Gasteiger partial charge in [0, 0.05) is 35.8 Å². The fourth-order valence-corrected chi connectivity index (χ4v) is 3.71. The maximum Gasteiger partial charge on any atom is 0.342 e. The van der Waals surface area contributed by atoms with E-state index in [1.54, 1.807) is 19.2 Å². The molecular formula is C25H23N5O5. The molecule has 10 heteroatoms. The van der Waals surface area contributed by atoms with Crippen LogP contribution in [0, 0.1) is 0 Å². The molecule has 1 aliphatic carbocycles. The first-order valence-corrected chi connectivity index (χ1v) is 11.1. The molecule has 0 radical (unpaired) electrons. The van der Waals surface area contributed by atoms with Gasteiger partial charge in [0.05, 0.1) is 24.7 Å². The van der Waals surface area contributed by atoms with E-state index in [1.807, 2.05) is 30.3 Å². The minimum Gasteiger partial charge on any atom is -0.507 e. The molecule has 0 atom stereocenters. The molecule has 1 fully saturated rings. The average Bonchev–Trinajstić information content (AvgIpc) is 3.37. The molecule has 0 saturated heterocycles. The summed E-state index contributed by atoms with van der Waals surface area (Å²) in [6.07, 6.45) is 3.33. The number of nitrogens with zero attached hydrogens (tertiary/aromatic N) is 3.